The highest BCUT2D eigenvalue weighted by Crippen LogP contribution is 2.18. The van der Waals surface area contributed by atoms with Gasteiger partial charge in [-0.1, -0.05) is 91.0 Å². The summed E-state index contributed by atoms with van der Waals surface area (Å²) in [6, 6.07) is 27.1. The monoisotopic (exact) mass is 639 g/mol. The third kappa shape index (κ3) is 6.47. The van der Waals surface area contributed by atoms with Crippen molar-refractivity contribution >= 4 is 35.6 Å². The summed E-state index contributed by atoms with van der Waals surface area (Å²) in [5.74, 6) is -2.73. The van der Waals surface area contributed by atoms with Crippen molar-refractivity contribution in [1.29, 1.82) is 0 Å². The first-order valence-electron chi connectivity index (χ1n) is 14.1. The number of aromatic nitrogens is 12. The van der Waals surface area contributed by atoms with Crippen molar-refractivity contribution in [2.75, 3.05) is 16.0 Å². The van der Waals surface area contributed by atoms with E-state index in [0.29, 0.717) is 34.2 Å². The number of carbonyl (C=O) groups is 3. The van der Waals surface area contributed by atoms with E-state index in [1.165, 1.54) is 0 Å². The summed E-state index contributed by atoms with van der Waals surface area (Å²) in [5, 5.41) is 28.6. The molecule has 0 saturated carbocycles. The van der Waals surface area contributed by atoms with Crippen LogP contribution in [0.4, 0.5) is 17.8 Å². The molecule has 4 aromatic heterocycles. The maximum atomic E-state index is 13.1. The SMILES string of the molecule is O=C(Nc1nc(NC(=O)c2nc(-c3ccccc3)n[nH]2)nc(NC(=O)c2nnc(-c3ccccc3)[nH]2)n1)c1nc(-c2ccccc2)n[nH]1. The number of hydrogen-bond donors (Lipinski definition) is 6. The normalized spacial score (nSPS) is 10.8. The summed E-state index contributed by atoms with van der Waals surface area (Å²) in [6.45, 7) is 0. The number of carbonyl (C=O) groups excluding carboxylic acids is 3. The first-order valence-corrected chi connectivity index (χ1v) is 14.1. The molecule has 0 aliphatic heterocycles. The highest BCUT2D eigenvalue weighted by Gasteiger charge is 2.21. The summed E-state index contributed by atoms with van der Waals surface area (Å²) in [6.07, 6.45) is 0. The third-order valence-electron chi connectivity index (χ3n) is 6.53. The van der Waals surface area contributed by atoms with Crippen molar-refractivity contribution in [2.45, 2.75) is 0 Å². The Morgan fingerprint density at radius 3 is 1.29 bits per heavy atom. The Morgan fingerprint density at radius 1 is 0.458 bits per heavy atom. The molecule has 0 saturated heterocycles. The average molecular weight is 640 g/mol. The van der Waals surface area contributed by atoms with Gasteiger partial charge in [0.25, 0.3) is 17.7 Å². The van der Waals surface area contributed by atoms with E-state index in [-0.39, 0.29) is 35.3 Å². The summed E-state index contributed by atoms with van der Waals surface area (Å²) in [7, 11) is 0. The van der Waals surface area contributed by atoms with Gasteiger partial charge in [-0.3, -0.25) is 40.5 Å². The van der Waals surface area contributed by atoms with E-state index < -0.39 is 17.7 Å². The molecule has 6 N–H and O–H groups in total. The Balaban J connectivity index is 1.14. The number of hydrogen-bond acceptors (Lipinski definition) is 12. The largest absolute Gasteiger partial charge is 0.317 e. The first-order chi connectivity index (χ1) is 23.5. The second-order valence-electron chi connectivity index (χ2n) is 9.80. The molecule has 0 aliphatic rings. The smallest absolute Gasteiger partial charge is 0.295 e. The lowest BCUT2D eigenvalue weighted by Gasteiger charge is -2.08. The summed E-state index contributed by atoms with van der Waals surface area (Å²) >= 11 is 0. The molecule has 0 atom stereocenters. The topological polar surface area (TPSA) is 251 Å². The molecule has 0 radical (unpaired) electrons. The van der Waals surface area contributed by atoms with Crippen molar-refractivity contribution in [3.05, 3.63) is 108 Å². The molecular formula is C30H21N15O3. The van der Waals surface area contributed by atoms with E-state index in [2.05, 4.69) is 76.4 Å². The van der Waals surface area contributed by atoms with Crippen molar-refractivity contribution < 1.29 is 14.4 Å². The minimum absolute atomic E-state index is 0.143. The van der Waals surface area contributed by atoms with Crippen LogP contribution in [0.2, 0.25) is 0 Å². The van der Waals surface area contributed by atoms with Crippen LogP contribution in [-0.2, 0) is 0 Å². The summed E-state index contributed by atoms with van der Waals surface area (Å²) in [4.78, 5) is 62.9. The van der Waals surface area contributed by atoms with E-state index in [9.17, 15) is 14.4 Å². The van der Waals surface area contributed by atoms with Crippen LogP contribution in [0.5, 0.6) is 0 Å². The van der Waals surface area contributed by atoms with E-state index in [1.54, 1.807) is 36.4 Å². The third-order valence-corrected chi connectivity index (χ3v) is 6.53. The van der Waals surface area contributed by atoms with Crippen LogP contribution in [0.1, 0.15) is 31.9 Å². The number of rotatable bonds is 9. The van der Waals surface area contributed by atoms with Gasteiger partial charge < -0.3 is 4.98 Å². The molecule has 7 rings (SSSR count). The number of anilines is 3. The molecule has 0 bridgehead atoms. The molecule has 3 aromatic carbocycles. The van der Waals surface area contributed by atoms with Crippen LogP contribution < -0.4 is 16.0 Å². The Kier molecular flexibility index (Phi) is 7.82. The van der Waals surface area contributed by atoms with Crippen LogP contribution in [-0.4, -0.2) is 78.2 Å². The van der Waals surface area contributed by atoms with Crippen molar-refractivity contribution in [1.82, 2.24) is 60.5 Å². The fraction of sp³-hybridized carbons (Fsp3) is 0. The summed E-state index contributed by atoms with van der Waals surface area (Å²) < 4.78 is 0. The highest BCUT2D eigenvalue weighted by molar-refractivity contribution is 6.03. The predicted molar refractivity (Wildman–Crippen MR) is 169 cm³/mol. The number of benzene rings is 3. The van der Waals surface area contributed by atoms with Gasteiger partial charge >= 0.3 is 0 Å². The zero-order chi connectivity index (χ0) is 32.9. The van der Waals surface area contributed by atoms with Gasteiger partial charge in [0.2, 0.25) is 35.3 Å². The van der Waals surface area contributed by atoms with Crippen LogP contribution in [0.15, 0.2) is 91.0 Å². The first kappa shape index (κ1) is 29.2. The maximum absolute atomic E-state index is 13.1. The quantitative estimate of drug-likeness (QED) is 0.133. The Bertz CT molecular complexity index is 1970. The van der Waals surface area contributed by atoms with Crippen LogP contribution >= 0.6 is 0 Å². The number of amides is 3. The number of nitrogens with one attached hydrogen (secondary N) is 6. The minimum Gasteiger partial charge on any atom is -0.317 e. The predicted octanol–water partition coefficient (Wildman–Crippen LogP) is 2.98. The Morgan fingerprint density at radius 2 is 0.854 bits per heavy atom. The van der Waals surface area contributed by atoms with Crippen molar-refractivity contribution in [3.8, 4) is 34.2 Å². The highest BCUT2D eigenvalue weighted by atomic mass is 16.2. The van der Waals surface area contributed by atoms with Gasteiger partial charge in [0.15, 0.2) is 17.5 Å². The van der Waals surface area contributed by atoms with Gasteiger partial charge in [-0.2, -0.15) is 25.1 Å². The fourth-order valence-corrected chi connectivity index (χ4v) is 4.28. The van der Waals surface area contributed by atoms with Crippen molar-refractivity contribution in [3.63, 3.8) is 0 Å². The van der Waals surface area contributed by atoms with E-state index in [0.717, 1.165) is 0 Å². The molecule has 0 unspecified atom stereocenters. The lowest BCUT2D eigenvalue weighted by Crippen LogP contribution is -2.22. The Labute approximate surface area is 269 Å². The number of nitrogens with zero attached hydrogens (tertiary/aromatic N) is 9. The molecule has 18 heteroatoms. The molecular weight excluding hydrogens is 618 g/mol. The standard InChI is InChI=1S/C30H21N15O3/c46-25(22-31-19(40-43-22)16-10-4-1-5-11-16)34-28-37-29(35-26(47)23-32-20(41-44-23)17-12-6-2-7-13-17)39-30(38-28)36-27(48)24-33-21(42-45-24)18-14-8-3-9-15-18/h1-15H,(H,31,40,43)(H,32,41,44)(H,33,42,45)(H3,34,35,36,37,38,39,46,47,48). The fourth-order valence-electron chi connectivity index (χ4n) is 4.28. The van der Waals surface area contributed by atoms with Gasteiger partial charge in [0.05, 0.1) is 0 Å². The molecule has 0 spiro atoms. The zero-order valence-corrected chi connectivity index (χ0v) is 24.4. The summed E-state index contributed by atoms with van der Waals surface area (Å²) in [5.41, 5.74) is 2.09. The minimum atomic E-state index is -0.754. The van der Waals surface area contributed by atoms with Gasteiger partial charge in [0, 0.05) is 16.7 Å². The Hall–Kier alpha value is -7.50. The van der Waals surface area contributed by atoms with Crippen LogP contribution in [0, 0.1) is 0 Å². The lowest BCUT2D eigenvalue weighted by molar-refractivity contribution is 0.101. The van der Waals surface area contributed by atoms with Gasteiger partial charge in [-0.05, 0) is 0 Å². The van der Waals surface area contributed by atoms with Gasteiger partial charge in [-0.15, -0.1) is 10.2 Å². The van der Waals surface area contributed by atoms with Crippen LogP contribution in [0.3, 0.4) is 0 Å². The average Bonchev–Trinajstić information content (AvgIpc) is 3.91. The van der Waals surface area contributed by atoms with E-state index >= 15 is 0 Å². The molecule has 48 heavy (non-hydrogen) atoms. The maximum Gasteiger partial charge on any atom is 0.295 e. The number of aromatic amines is 3. The molecule has 7 aromatic rings. The second-order valence-corrected chi connectivity index (χ2v) is 9.80. The second kappa shape index (κ2) is 12.9. The van der Waals surface area contributed by atoms with Gasteiger partial charge in [-0.25, -0.2) is 9.97 Å². The van der Waals surface area contributed by atoms with E-state index in [4.69, 9.17) is 0 Å². The molecule has 18 nitrogen and oxygen atoms in total. The molecule has 3 amide bonds. The zero-order valence-electron chi connectivity index (χ0n) is 24.4. The van der Waals surface area contributed by atoms with Crippen LogP contribution in [0.25, 0.3) is 34.2 Å². The lowest BCUT2D eigenvalue weighted by atomic mass is 10.2. The molecule has 0 aliphatic carbocycles. The van der Waals surface area contributed by atoms with Crippen molar-refractivity contribution in [2.24, 2.45) is 0 Å². The molecule has 234 valence electrons. The van der Waals surface area contributed by atoms with Gasteiger partial charge in [0.1, 0.15) is 0 Å². The number of H-pyrrole nitrogens is 3. The van der Waals surface area contributed by atoms with E-state index in [1.807, 2.05) is 54.6 Å². The molecule has 0 fully saturated rings. The molecule has 4 heterocycles.